The number of carbonyl (C=O) groups is 2. The van der Waals surface area contributed by atoms with Crippen molar-refractivity contribution in [3.05, 3.63) is 12.7 Å². The zero-order chi connectivity index (χ0) is 21.4. The molecule has 164 valence electrons. The van der Waals surface area contributed by atoms with Crippen LogP contribution in [0.3, 0.4) is 0 Å². The molecule has 0 aromatic rings. The van der Waals surface area contributed by atoms with Crippen LogP contribution >= 0.6 is 0 Å². The van der Waals surface area contributed by atoms with E-state index < -0.39 is 18.4 Å². The fourth-order valence-corrected chi connectivity index (χ4v) is 21.6. The van der Waals surface area contributed by atoms with Crippen LogP contribution in [0.4, 0.5) is 0 Å². The van der Waals surface area contributed by atoms with Crippen LogP contribution in [0.25, 0.3) is 0 Å². The summed E-state index contributed by atoms with van der Waals surface area (Å²) in [6.07, 6.45) is 10.2. The van der Waals surface area contributed by atoms with Gasteiger partial charge in [0.2, 0.25) is 0 Å². The van der Waals surface area contributed by atoms with Gasteiger partial charge in [-0.05, 0) is 0 Å². The van der Waals surface area contributed by atoms with E-state index in [1.165, 1.54) is 66.1 Å². The number of esters is 2. The van der Waals surface area contributed by atoms with Gasteiger partial charge in [-0.25, -0.2) is 0 Å². The van der Waals surface area contributed by atoms with E-state index in [-0.39, 0.29) is 23.8 Å². The zero-order valence-electron chi connectivity index (χ0n) is 19.1. The van der Waals surface area contributed by atoms with Gasteiger partial charge in [0.1, 0.15) is 0 Å². The van der Waals surface area contributed by atoms with Crippen LogP contribution in [0, 0.1) is 11.8 Å². The second-order valence-electron chi connectivity index (χ2n) is 8.22. The molecule has 0 N–H and O–H groups in total. The van der Waals surface area contributed by atoms with Crippen molar-refractivity contribution in [2.75, 3.05) is 14.2 Å². The number of methoxy groups -OCH3 is 2. The maximum atomic E-state index is 12.7. The molecule has 28 heavy (non-hydrogen) atoms. The molecule has 0 aliphatic rings. The van der Waals surface area contributed by atoms with Gasteiger partial charge in [-0.15, -0.1) is 0 Å². The summed E-state index contributed by atoms with van der Waals surface area (Å²) in [6, 6.07) is 0. The van der Waals surface area contributed by atoms with E-state index in [0.717, 1.165) is 4.44 Å². The molecule has 0 aromatic heterocycles. The van der Waals surface area contributed by atoms with Crippen molar-refractivity contribution in [2.24, 2.45) is 11.8 Å². The van der Waals surface area contributed by atoms with Crippen molar-refractivity contribution >= 4 is 30.3 Å². The van der Waals surface area contributed by atoms with Gasteiger partial charge in [0.15, 0.2) is 0 Å². The number of ether oxygens (including phenoxy) is 2. The van der Waals surface area contributed by atoms with Crippen LogP contribution in [0.15, 0.2) is 12.7 Å². The average Bonchev–Trinajstić information content (AvgIpc) is 2.72. The fraction of sp³-hybridized carbons (Fsp3) is 0.826. The van der Waals surface area contributed by atoms with Crippen molar-refractivity contribution in [1.29, 1.82) is 0 Å². The van der Waals surface area contributed by atoms with Gasteiger partial charge in [-0.3, -0.25) is 0 Å². The molecule has 0 aromatic carbocycles. The number of hydrogen-bond acceptors (Lipinski definition) is 4. The Kier molecular flexibility index (Phi) is 16.0. The van der Waals surface area contributed by atoms with E-state index in [4.69, 9.17) is 9.47 Å². The van der Waals surface area contributed by atoms with Crippen molar-refractivity contribution in [3.8, 4) is 0 Å². The summed E-state index contributed by atoms with van der Waals surface area (Å²) in [7, 11) is 2.89. The second-order valence-corrected chi connectivity index (χ2v) is 22.2. The first-order chi connectivity index (χ1) is 13.4. The summed E-state index contributed by atoms with van der Waals surface area (Å²) in [5, 5.41) is 0. The molecule has 0 heterocycles. The molecule has 5 heteroatoms. The summed E-state index contributed by atoms with van der Waals surface area (Å²) in [5.74, 6) is -0.886. The fourth-order valence-electron chi connectivity index (χ4n) is 4.29. The van der Waals surface area contributed by atoms with Crippen molar-refractivity contribution in [1.82, 2.24) is 0 Å². The molecule has 0 fully saturated rings. The monoisotopic (exact) mass is 504 g/mol. The van der Waals surface area contributed by atoms with Gasteiger partial charge < -0.3 is 0 Å². The third-order valence-corrected chi connectivity index (χ3v) is 21.9. The van der Waals surface area contributed by atoms with E-state index in [0.29, 0.717) is 12.8 Å². The van der Waals surface area contributed by atoms with E-state index >= 15 is 0 Å². The number of hydrogen-bond donors (Lipinski definition) is 0. The van der Waals surface area contributed by atoms with E-state index in [9.17, 15) is 9.59 Å². The van der Waals surface area contributed by atoms with Gasteiger partial charge in [-0.1, -0.05) is 0 Å². The van der Waals surface area contributed by atoms with Crippen LogP contribution in [-0.4, -0.2) is 44.5 Å². The second kappa shape index (κ2) is 16.3. The van der Waals surface area contributed by atoms with Crippen LogP contribution < -0.4 is 0 Å². The molecule has 0 bridgehead atoms. The van der Waals surface area contributed by atoms with Crippen molar-refractivity contribution < 1.29 is 19.1 Å². The van der Waals surface area contributed by atoms with E-state index in [2.05, 4.69) is 27.4 Å². The molecule has 0 radical (unpaired) electrons. The topological polar surface area (TPSA) is 52.6 Å². The first kappa shape index (κ1) is 27.5. The van der Waals surface area contributed by atoms with Gasteiger partial charge in [-0.2, -0.15) is 0 Å². The summed E-state index contributed by atoms with van der Waals surface area (Å²) >= 11 is -2.52. The molecule has 0 spiro atoms. The quantitative estimate of drug-likeness (QED) is 0.131. The predicted octanol–water partition coefficient (Wildman–Crippen LogP) is 6.38. The number of allylic oxidation sites excluding steroid dienone is 1. The molecule has 0 aliphatic carbocycles. The van der Waals surface area contributed by atoms with Gasteiger partial charge in [0, 0.05) is 0 Å². The standard InChI is InChI=1S/C11H17O4.3C4H9.Sn/c1-5-6-9(11(13)15-4)7-8(2)10(12)14-3;3*1-3-4-2;/h5,8-9H,1-2,6-7H2,3-4H3;3*1,3-4H2,2H3;. The molecule has 0 rings (SSSR count). The number of rotatable bonds is 17. The summed E-state index contributed by atoms with van der Waals surface area (Å²) in [5.41, 5.74) is 0. The summed E-state index contributed by atoms with van der Waals surface area (Å²) in [4.78, 5) is 24.9. The zero-order valence-corrected chi connectivity index (χ0v) is 21.9. The maximum absolute atomic E-state index is 12.7. The Morgan fingerprint density at radius 1 is 0.857 bits per heavy atom. The third-order valence-electron chi connectivity index (χ3n) is 5.95. The molecule has 2 unspecified atom stereocenters. The van der Waals surface area contributed by atoms with Crippen molar-refractivity contribution in [3.63, 3.8) is 0 Å². The minimum atomic E-state index is -2.52. The molecule has 4 nitrogen and oxygen atoms in total. The average molecular weight is 503 g/mol. The van der Waals surface area contributed by atoms with Crippen LogP contribution in [-0.2, 0) is 19.1 Å². The molecule has 2 atom stereocenters. The molecule has 0 amide bonds. The van der Waals surface area contributed by atoms with Crippen LogP contribution in [0.2, 0.25) is 17.7 Å². The minimum absolute atomic E-state index is 0.150. The molecule has 0 saturated carbocycles. The number of carbonyl (C=O) groups excluding carboxylic acids is 2. The van der Waals surface area contributed by atoms with Gasteiger partial charge in [0.05, 0.1) is 0 Å². The van der Waals surface area contributed by atoms with E-state index in [1.807, 2.05) is 0 Å². The Hall–Kier alpha value is -0.521. The first-order valence-corrected chi connectivity index (χ1v) is 19.3. The summed E-state index contributed by atoms with van der Waals surface area (Å²) < 4.78 is 15.2. The predicted molar refractivity (Wildman–Crippen MR) is 120 cm³/mol. The Morgan fingerprint density at radius 3 is 1.64 bits per heavy atom. The summed E-state index contributed by atoms with van der Waals surface area (Å²) in [6.45, 7) is 10.5. The Balaban J connectivity index is 5.66. The van der Waals surface area contributed by atoms with E-state index in [1.54, 1.807) is 6.08 Å². The van der Waals surface area contributed by atoms with Gasteiger partial charge in [0.25, 0.3) is 0 Å². The Morgan fingerprint density at radius 2 is 1.29 bits per heavy atom. The molecular weight excluding hydrogens is 459 g/mol. The molecular formula is C23H44O4Sn. The Bertz CT molecular complexity index is 428. The molecule has 0 saturated heterocycles. The first-order valence-electron chi connectivity index (χ1n) is 11.2. The Labute approximate surface area is 177 Å². The third kappa shape index (κ3) is 10.3. The van der Waals surface area contributed by atoms with Crippen LogP contribution in [0.1, 0.15) is 72.1 Å². The molecule has 0 aliphatic heterocycles. The number of unbranched alkanes of at least 4 members (excludes halogenated alkanes) is 3. The van der Waals surface area contributed by atoms with Crippen LogP contribution in [0.5, 0.6) is 0 Å². The van der Waals surface area contributed by atoms with Gasteiger partial charge >= 0.3 is 178 Å². The normalized spacial score (nSPS) is 13.6. The SMILES string of the molecule is C=CCC(CC([CH2][Sn]([CH2]CCC)([CH2]CCC)[CH2]CCC)C(=O)OC)C(=O)OC. The van der Waals surface area contributed by atoms with Crippen molar-refractivity contribution in [2.45, 2.75) is 89.9 Å².